The number of nitrogens with zero attached hydrogens (tertiary/aromatic N) is 1. The highest BCUT2D eigenvalue weighted by Gasteiger charge is 2.06. The molecular formula is C14H22N4O3. The van der Waals surface area contributed by atoms with Crippen LogP contribution in [-0.4, -0.2) is 37.1 Å². The van der Waals surface area contributed by atoms with Gasteiger partial charge in [-0.2, -0.15) is 0 Å². The molecule has 0 saturated carbocycles. The highest BCUT2D eigenvalue weighted by Crippen LogP contribution is 2.18. The summed E-state index contributed by atoms with van der Waals surface area (Å²) in [5.74, 6) is 0.119. The number of anilines is 2. The molecule has 0 fully saturated rings. The van der Waals surface area contributed by atoms with Crippen LogP contribution in [0.2, 0.25) is 0 Å². The van der Waals surface area contributed by atoms with E-state index in [1.807, 2.05) is 13.0 Å². The second kappa shape index (κ2) is 8.78. The molecule has 4 N–H and O–H groups in total. The van der Waals surface area contributed by atoms with E-state index in [2.05, 4.69) is 20.4 Å². The lowest BCUT2D eigenvalue weighted by Gasteiger charge is -2.10. The third-order valence-corrected chi connectivity index (χ3v) is 2.96. The van der Waals surface area contributed by atoms with Crippen molar-refractivity contribution in [3.63, 3.8) is 0 Å². The molecule has 1 aromatic rings. The Kier molecular flexibility index (Phi) is 7.00. The summed E-state index contributed by atoms with van der Waals surface area (Å²) in [5.41, 5.74) is 7.50. The van der Waals surface area contributed by atoms with Gasteiger partial charge in [-0.05, 0) is 25.0 Å². The molecule has 1 aromatic heterocycles. The van der Waals surface area contributed by atoms with Gasteiger partial charge < -0.3 is 21.1 Å². The summed E-state index contributed by atoms with van der Waals surface area (Å²) in [4.78, 5) is 26.5. The Morgan fingerprint density at radius 3 is 2.81 bits per heavy atom. The second-order valence-electron chi connectivity index (χ2n) is 4.60. The molecule has 21 heavy (non-hydrogen) atoms. The Hall–Kier alpha value is -2.31. The first-order valence-corrected chi connectivity index (χ1v) is 6.83. The maximum atomic E-state index is 11.4. The van der Waals surface area contributed by atoms with Crippen LogP contribution in [0, 0.1) is 6.92 Å². The predicted molar refractivity (Wildman–Crippen MR) is 80.8 cm³/mol. The fourth-order valence-electron chi connectivity index (χ4n) is 1.64. The number of methoxy groups -OCH3 is 1. The predicted octanol–water partition coefficient (Wildman–Crippen LogP) is 0.844. The normalized spacial score (nSPS) is 10.0. The summed E-state index contributed by atoms with van der Waals surface area (Å²) in [5, 5.41) is 5.86. The average molecular weight is 294 g/mol. The molecule has 1 heterocycles. The summed E-state index contributed by atoms with van der Waals surface area (Å²) in [6.07, 6.45) is 2.68. The number of nitrogens with one attached hydrogen (secondary N) is 2. The van der Waals surface area contributed by atoms with E-state index in [-0.39, 0.29) is 24.7 Å². The number of esters is 1. The van der Waals surface area contributed by atoms with Gasteiger partial charge >= 0.3 is 5.97 Å². The lowest BCUT2D eigenvalue weighted by Crippen LogP contribution is -2.26. The molecule has 0 radical (unpaired) electrons. The van der Waals surface area contributed by atoms with Gasteiger partial charge in [0, 0.05) is 25.7 Å². The zero-order chi connectivity index (χ0) is 15.7. The lowest BCUT2D eigenvalue weighted by molar-refractivity contribution is -0.142. The van der Waals surface area contributed by atoms with Crippen molar-refractivity contribution in [3.8, 4) is 0 Å². The van der Waals surface area contributed by atoms with E-state index in [1.54, 1.807) is 6.20 Å². The molecule has 0 saturated heterocycles. The van der Waals surface area contributed by atoms with Crippen LogP contribution >= 0.6 is 0 Å². The molecular weight excluding hydrogens is 272 g/mol. The number of aromatic nitrogens is 1. The molecule has 7 nitrogen and oxygen atoms in total. The van der Waals surface area contributed by atoms with Gasteiger partial charge in [-0.3, -0.25) is 9.59 Å². The van der Waals surface area contributed by atoms with Gasteiger partial charge in [0.05, 0.1) is 19.2 Å². The van der Waals surface area contributed by atoms with E-state index < -0.39 is 0 Å². The van der Waals surface area contributed by atoms with Gasteiger partial charge in [0.2, 0.25) is 5.91 Å². The first-order chi connectivity index (χ1) is 10.0. The first kappa shape index (κ1) is 16.7. The second-order valence-corrected chi connectivity index (χ2v) is 4.60. The number of rotatable bonds is 8. The lowest BCUT2D eigenvalue weighted by atomic mass is 10.2. The molecule has 0 aliphatic carbocycles. The molecule has 0 unspecified atom stereocenters. The van der Waals surface area contributed by atoms with Crippen molar-refractivity contribution in [2.45, 2.75) is 26.2 Å². The van der Waals surface area contributed by atoms with Gasteiger partial charge in [0.1, 0.15) is 5.82 Å². The minimum atomic E-state index is -0.382. The summed E-state index contributed by atoms with van der Waals surface area (Å²) >= 11 is 0. The molecule has 116 valence electrons. The van der Waals surface area contributed by atoms with Crippen molar-refractivity contribution < 1.29 is 14.3 Å². The first-order valence-electron chi connectivity index (χ1n) is 6.83. The topological polar surface area (TPSA) is 106 Å². The monoisotopic (exact) mass is 294 g/mol. The number of hydrogen-bond donors (Lipinski definition) is 3. The Bertz CT molecular complexity index is 491. The molecule has 0 aromatic carbocycles. The van der Waals surface area contributed by atoms with Crippen molar-refractivity contribution in [3.05, 3.63) is 17.8 Å². The van der Waals surface area contributed by atoms with Crippen LogP contribution in [0.5, 0.6) is 0 Å². The van der Waals surface area contributed by atoms with Crippen LogP contribution in [-0.2, 0) is 14.3 Å². The number of carbonyl (C=O) groups excluding carboxylic acids is 2. The zero-order valence-electron chi connectivity index (χ0n) is 12.4. The van der Waals surface area contributed by atoms with Gasteiger partial charge in [0.15, 0.2) is 0 Å². The van der Waals surface area contributed by atoms with E-state index >= 15 is 0 Å². The van der Waals surface area contributed by atoms with E-state index in [4.69, 9.17) is 5.73 Å². The van der Waals surface area contributed by atoms with E-state index in [0.29, 0.717) is 24.6 Å². The quantitative estimate of drug-likeness (QED) is 0.484. The summed E-state index contributed by atoms with van der Waals surface area (Å²) < 4.78 is 4.47. The van der Waals surface area contributed by atoms with Crippen LogP contribution in [0.25, 0.3) is 0 Å². The Labute approximate surface area is 124 Å². The number of amides is 1. The molecule has 0 spiro atoms. The Morgan fingerprint density at radius 1 is 1.33 bits per heavy atom. The van der Waals surface area contributed by atoms with E-state index in [1.165, 1.54) is 7.11 Å². The van der Waals surface area contributed by atoms with Crippen LogP contribution < -0.4 is 16.4 Å². The molecule has 0 aliphatic rings. The van der Waals surface area contributed by atoms with Gasteiger partial charge in [0.25, 0.3) is 0 Å². The zero-order valence-corrected chi connectivity index (χ0v) is 12.4. The molecule has 7 heteroatoms. The number of nitrogen functional groups attached to an aromatic ring is 1. The maximum absolute atomic E-state index is 11.4. The average Bonchev–Trinajstić information content (AvgIpc) is 2.48. The highest BCUT2D eigenvalue weighted by atomic mass is 16.5. The molecule has 0 bridgehead atoms. The van der Waals surface area contributed by atoms with Crippen LogP contribution in [0.1, 0.15) is 24.8 Å². The summed E-state index contributed by atoms with van der Waals surface area (Å²) in [6.45, 7) is 3.10. The number of ether oxygens (including phenoxy) is 1. The van der Waals surface area contributed by atoms with Gasteiger partial charge in [-0.1, -0.05) is 0 Å². The Morgan fingerprint density at radius 2 is 2.10 bits per heavy atom. The third kappa shape index (κ3) is 6.11. The fraction of sp³-hybridized carbons (Fsp3) is 0.500. The van der Waals surface area contributed by atoms with E-state index in [0.717, 1.165) is 12.0 Å². The smallest absolute Gasteiger partial charge is 0.306 e. The fourth-order valence-corrected chi connectivity index (χ4v) is 1.64. The van der Waals surface area contributed by atoms with Crippen molar-refractivity contribution in [1.29, 1.82) is 0 Å². The van der Waals surface area contributed by atoms with Crippen molar-refractivity contribution in [1.82, 2.24) is 10.3 Å². The number of nitrogens with two attached hydrogens (primary N) is 1. The molecule has 0 aliphatic heterocycles. The van der Waals surface area contributed by atoms with Gasteiger partial charge in [-0.15, -0.1) is 0 Å². The standard InChI is InChI=1S/C14H22N4O3/c1-10-6-9-18-14(13(10)15)17-8-3-7-16-11(19)4-5-12(20)21-2/h6,9H,3-5,7-8,15H2,1-2H3,(H,16,19)(H,17,18). The maximum Gasteiger partial charge on any atom is 0.306 e. The van der Waals surface area contributed by atoms with E-state index in [9.17, 15) is 9.59 Å². The highest BCUT2D eigenvalue weighted by molar-refractivity contribution is 5.81. The largest absolute Gasteiger partial charge is 0.469 e. The Balaban J connectivity index is 2.16. The number of pyridine rings is 1. The number of aryl methyl sites for hydroxylation is 1. The minimum Gasteiger partial charge on any atom is -0.469 e. The number of carbonyl (C=O) groups is 2. The van der Waals surface area contributed by atoms with Crippen LogP contribution in [0.15, 0.2) is 12.3 Å². The van der Waals surface area contributed by atoms with Crippen molar-refractivity contribution in [2.75, 3.05) is 31.2 Å². The SMILES string of the molecule is COC(=O)CCC(=O)NCCCNc1nccc(C)c1N. The minimum absolute atomic E-state index is 0.102. The van der Waals surface area contributed by atoms with Gasteiger partial charge in [-0.25, -0.2) is 4.98 Å². The third-order valence-electron chi connectivity index (χ3n) is 2.96. The number of hydrogen-bond acceptors (Lipinski definition) is 6. The molecule has 0 atom stereocenters. The van der Waals surface area contributed by atoms with Crippen molar-refractivity contribution in [2.24, 2.45) is 0 Å². The molecule has 1 rings (SSSR count). The summed E-state index contributed by atoms with van der Waals surface area (Å²) in [7, 11) is 1.30. The van der Waals surface area contributed by atoms with Crippen LogP contribution in [0.4, 0.5) is 11.5 Å². The van der Waals surface area contributed by atoms with Crippen molar-refractivity contribution >= 4 is 23.4 Å². The molecule has 1 amide bonds. The van der Waals surface area contributed by atoms with Crippen LogP contribution in [0.3, 0.4) is 0 Å². The summed E-state index contributed by atoms with van der Waals surface area (Å²) in [6, 6.07) is 1.85.